The van der Waals surface area contributed by atoms with Crippen LogP contribution < -0.4 is 5.11 Å². The Hall–Kier alpha value is -3.22. The molecule has 0 spiro atoms. The molecule has 0 aromatic heterocycles. The Labute approximate surface area is 137 Å². The van der Waals surface area contributed by atoms with Crippen LogP contribution in [0, 0.1) is 10.1 Å². The summed E-state index contributed by atoms with van der Waals surface area (Å²) in [6.45, 7) is 0. The topological polar surface area (TPSA) is 104 Å². The molecule has 2 aromatic rings. The van der Waals surface area contributed by atoms with E-state index in [-0.39, 0.29) is 11.6 Å². The molecule has 24 heavy (non-hydrogen) atoms. The molecule has 0 saturated heterocycles. The fourth-order valence-corrected chi connectivity index (χ4v) is 3.17. The van der Waals surface area contributed by atoms with Crippen molar-refractivity contribution in [3.63, 3.8) is 0 Å². The third-order valence-corrected chi connectivity index (χ3v) is 4.26. The van der Waals surface area contributed by atoms with E-state index in [0.717, 1.165) is 0 Å². The molecule has 7 nitrogen and oxygen atoms in total. The molecule has 3 rings (SSSR count). The summed E-state index contributed by atoms with van der Waals surface area (Å²) in [6, 6.07) is 11.2. The molecule has 1 aliphatic rings. The smallest absolute Gasteiger partial charge is 0.269 e. The number of aliphatic carboxylic acids is 1. The van der Waals surface area contributed by atoms with E-state index < -0.39 is 22.9 Å². The summed E-state index contributed by atoms with van der Waals surface area (Å²) in [5.74, 6) is -2.77. The SMILES string of the molecule is CN1C(=O)c2ccccc2C(C(=O)[O-])C1c1cccc([N+](=O)[O-])c1. The van der Waals surface area contributed by atoms with Gasteiger partial charge in [0, 0.05) is 30.7 Å². The number of carboxylic acid groups (broad SMARTS) is 1. The van der Waals surface area contributed by atoms with E-state index in [2.05, 4.69) is 0 Å². The number of carboxylic acids is 1. The minimum atomic E-state index is -1.33. The second-order valence-electron chi connectivity index (χ2n) is 5.60. The Morgan fingerprint density at radius 3 is 2.54 bits per heavy atom. The quantitative estimate of drug-likeness (QED) is 0.624. The first kappa shape index (κ1) is 15.7. The van der Waals surface area contributed by atoms with Crippen LogP contribution in [0.3, 0.4) is 0 Å². The minimum Gasteiger partial charge on any atom is -0.549 e. The van der Waals surface area contributed by atoms with Gasteiger partial charge in [0.15, 0.2) is 0 Å². The van der Waals surface area contributed by atoms with Gasteiger partial charge in [0.2, 0.25) is 0 Å². The van der Waals surface area contributed by atoms with E-state index >= 15 is 0 Å². The lowest BCUT2D eigenvalue weighted by molar-refractivity contribution is -0.385. The number of nitro benzene ring substituents is 1. The van der Waals surface area contributed by atoms with Crippen LogP contribution >= 0.6 is 0 Å². The maximum absolute atomic E-state index is 12.6. The molecule has 122 valence electrons. The lowest BCUT2D eigenvalue weighted by Crippen LogP contribution is -2.46. The molecule has 7 heteroatoms. The number of amides is 1. The first-order chi connectivity index (χ1) is 11.4. The molecule has 2 atom stereocenters. The maximum Gasteiger partial charge on any atom is 0.269 e. The van der Waals surface area contributed by atoms with Crippen LogP contribution in [0.1, 0.15) is 33.4 Å². The van der Waals surface area contributed by atoms with Crippen LogP contribution in [0.5, 0.6) is 0 Å². The van der Waals surface area contributed by atoms with Gasteiger partial charge < -0.3 is 14.8 Å². The number of fused-ring (bicyclic) bond motifs is 1. The van der Waals surface area contributed by atoms with Gasteiger partial charge in [-0.1, -0.05) is 30.3 Å². The van der Waals surface area contributed by atoms with Crippen molar-refractivity contribution >= 4 is 17.6 Å². The number of hydrogen-bond donors (Lipinski definition) is 0. The number of hydrogen-bond acceptors (Lipinski definition) is 5. The molecular formula is C17H13N2O5-. The monoisotopic (exact) mass is 325 g/mol. The molecule has 1 aliphatic heterocycles. The van der Waals surface area contributed by atoms with Crippen LogP contribution in [0.4, 0.5) is 5.69 Å². The maximum atomic E-state index is 12.6. The van der Waals surface area contributed by atoms with Gasteiger partial charge in [-0.3, -0.25) is 14.9 Å². The Kier molecular flexibility index (Phi) is 3.76. The third kappa shape index (κ3) is 2.40. The lowest BCUT2D eigenvalue weighted by Gasteiger charge is -2.40. The Morgan fingerprint density at radius 2 is 1.88 bits per heavy atom. The molecule has 1 heterocycles. The predicted molar refractivity (Wildman–Crippen MR) is 82.1 cm³/mol. The largest absolute Gasteiger partial charge is 0.549 e. The zero-order valence-corrected chi connectivity index (χ0v) is 12.7. The highest BCUT2D eigenvalue weighted by molar-refractivity contribution is 6.00. The van der Waals surface area contributed by atoms with E-state index in [0.29, 0.717) is 16.7 Å². The molecule has 0 saturated carbocycles. The van der Waals surface area contributed by atoms with Crippen molar-refractivity contribution in [3.05, 3.63) is 75.3 Å². The zero-order chi connectivity index (χ0) is 17.4. The first-order valence-corrected chi connectivity index (χ1v) is 7.23. The first-order valence-electron chi connectivity index (χ1n) is 7.23. The highest BCUT2D eigenvalue weighted by Crippen LogP contribution is 2.42. The predicted octanol–water partition coefficient (Wildman–Crippen LogP) is 1.26. The number of nitrogens with zero attached hydrogens (tertiary/aromatic N) is 2. The Morgan fingerprint density at radius 1 is 1.17 bits per heavy atom. The van der Waals surface area contributed by atoms with E-state index in [4.69, 9.17) is 0 Å². The minimum absolute atomic E-state index is 0.163. The van der Waals surface area contributed by atoms with Gasteiger partial charge >= 0.3 is 0 Å². The molecule has 0 aliphatic carbocycles. The number of benzene rings is 2. The van der Waals surface area contributed by atoms with Gasteiger partial charge in [-0.2, -0.15) is 0 Å². The van der Waals surface area contributed by atoms with Crippen LogP contribution in [0.2, 0.25) is 0 Å². The number of rotatable bonds is 3. The summed E-state index contributed by atoms with van der Waals surface area (Å²) < 4.78 is 0. The molecule has 0 fully saturated rings. The van der Waals surface area contributed by atoms with Crippen molar-refractivity contribution in [2.75, 3.05) is 7.05 Å². The summed E-state index contributed by atoms with van der Waals surface area (Å²) >= 11 is 0. The molecular weight excluding hydrogens is 312 g/mol. The van der Waals surface area contributed by atoms with Crippen molar-refractivity contribution in [3.8, 4) is 0 Å². The molecule has 2 aromatic carbocycles. The fraction of sp³-hybridized carbons (Fsp3) is 0.176. The van der Waals surface area contributed by atoms with Gasteiger partial charge in [-0.25, -0.2) is 0 Å². The number of carbonyl (C=O) groups is 2. The van der Waals surface area contributed by atoms with Crippen LogP contribution in [-0.4, -0.2) is 28.7 Å². The van der Waals surface area contributed by atoms with Crippen molar-refractivity contribution in [1.29, 1.82) is 0 Å². The van der Waals surface area contributed by atoms with E-state index in [1.54, 1.807) is 30.3 Å². The van der Waals surface area contributed by atoms with E-state index in [9.17, 15) is 24.8 Å². The van der Waals surface area contributed by atoms with Crippen LogP contribution in [0.15, 0.2) is 48.5 Å². The highest BCUT2D eigenvalue weighted by Gasteiger charge is 2.39. The van der Waals surface area contributed by atoms with Gasteiger partial charge in [-0.05, 0) is 17.2 Å². The summed E-state index contributed by atoms with van der Waals surface area (Å²) in [5, 5.41) is 22.8. The number of carbonyl (C=O) groups excluding carboxylic acids is 2. The van der Waals surface area contributed by atoms with Crippen molar-refractivity contribution in [2.45, 2.75) is 12.0 Å². The van der Waals surface area contributed by atoms with Crippen molar-refractivity contribution in [2.24, 2.45) is 0 Å². The number of likely N-dealkylation sites (N-methyl/N-ethyl adjacent to an activating group) is 1. The van der Waals surface area contributed by atoms with E-state index in [1.807, 2.05) is 0 Å². The molecule has 0 bridgehead atoms. The average Bonchev–Trinajstić information content (AvgIpc) is 2.57. The summed E-state index contributed by atoms with van der Waals surface area (Å²) in [5.41, 5.74) is 0.876. The molecule has 0 N–H and O–H groups in total. The normalized spacial score (nSPS) is 19.7. The van der Waals surface area contributed by atoms with Gasteiger partial charge in [0.25, 0.3) is 11.6 Å². The lowest BCUT2D eigenvalue weighted by atomic mass is 9.80. The Balaban J connectivity index is 2.19. The van der Waals surface area contributed by atoms with E-state index in [1.165, 1.54) is 30.1 Å². The standard InChI is InChI=1S/C17H14N2O5/c1-18-15(10-5-4-6-11(9-10)19(23)24)14(17(21)22)12-7-2-3-8-13(12)16(18)20/h2-9,14-15H,1H3,(H,21,22)/p-1. The third-order valence-electron chi connectivity index (χ3n) is 4.26. The molecule has 1 amide bonds. The van der Waals surface area contributed by atoms with Gasteiger partial charge in [-0.15, -0.1) is 0 Å². The van der Waals surface area contributed by atoms with Gasteiger partial charge in [0.1, 0.15) is 0 Å². The number of non-ortho nitro benzene ring substituents is 1. The van der Waals surface area contributed by atoms with Crippen molar-refractivity contribution < 1.29 is 19.6 Å². The second kappa shape index (κ2) is 5.77. The van der Waals surface area contributed by atoms with Crippen molar-refractivity contribution in [1.82, 2.24) is 4.90 Å². The van der Waals surface area contributed by atoms with Crippen LogP contribution in [-0.2, 0) is 4.79 Å². The number of nitro groups is 1. The summed E-state index contributed by atoms with van der Waals surface area (Å²) in [7, 11) is 1.48. The summed E-state index contributed by atoms with van der Waals surface area (Å²) in [6.07, 6.45) is 0. The average molecular weight is 325 g/mol. The highest BCUT2D eigenvalue weighted by atomic mass is 16.6. The summed E-state index contributed by atoms with van der Waals surface area (Å²) in [4.78, 5) is 36.1. The van der Waals surface area contributed by atoms with Gasteiger partial charge in [0.05, 0.1) is 16.9 Å². The fourth-order valence-electron chi connectivity index (χ4n) is 3.17. The molecule has 2 unspecified atom stereocenters. The Bertz CT molecular complexity index is 848. The van der Waals surface area contributed by atoms with Crippen LogP contribution in [0.25, 0.3) is 0 Å². The molecule has 0 radical (unpaired) electrons. The zero-order valence-electron chi connectivity index (χ0n) is 12.7. The second-order valence-corrected chi connectivity index (χ2v) is 5.60.